The largest absolute Gasteiger partial charge is 0.459 e. The Morgan fingerprint density at radius 1 is 1.18 bits per heavy atom. The van der Waals surface area contributed by atoms with Gasteiger partial charge in [0.2, 0.25) is 0 Å². The van der Waals surface area contributed by atoms with Gasteiger partial charge in [0.15, 0.2) is 10.9 Å². The topological polar surface area (TPSA) is 62.5 Å². The monoisotopic (exact) mass is 414 g/mol. The Hall–Kier alpha value is -2.06. The van der Waals surface area contributed by atoms with Gasteiger partial charge >= 0.3 is 0 Å². The van der Waals surface area contributed by atoms with Crippen molar-refractivity contribution in [3.05, 3.63) is 34.6 Å². The Balaban J connectivity index is 1.45. The Morgan fingerprint density at radius 2 is 2.00 bits per heavy atom. The lowest BCUT2D eigenvalue weighted by Crippen LogP contribution is -2.49. The maximum absolute atomic E-state index is 12.6. The van der Waals surface area contributed by atoms with E-state index in [1.165, 1.54) is 28.7 Å². The highest BCUT2D eigenvalue weighted by Crippen LogP contribution is 2.40. The summed E-state index contributed by atoms with van der Waals surface area (Å²) in [6.07, 6.45) is 8.37. The van der Waals surface area contributed by atoms with E-state index in [0.717, 1.165) is 41.7 Å². The summed E-state index contributed by atoms with van der Waals surface area (Å²) >= 11 is 3.44. The van der Waals surface area contributed by atoms with Gasteiger partial charge in [0.05, 0.1) is 11.6 Å². The van der Waals surface area contributed by atoms with Crippen LogP contribution < -0.4 is 4.90 Å². The second-order valence-electron chi connectivity index (χ2n) is 7.18. The third-order valence-corrected chi connectivity index (χ3v) is 7.29. The number of aryl methyl sites for hydroxylation is 2. The smallest absolute Gasteiger partial charge is 0.289 e. The summed E-state index contributed by atoms with van der Waals surface area (Å²) in [5.41, 5.74) is 1.46. The molecule has 8 heteroatoms. The van der Waals surface area contributed by atoms with E-state index < -0.39 is 0 Å². The summed E-state index contributed by atoms with van der Waals surface area (Å²) in [5, 5.41) is 2.08. The number of anilines is 1. The number of thiophene rings is 1. The number of carbonyl (C=O) groups is 1. The predicted octanol–water partition coefficient (Wildman–Crippen LogP) is 3.85. The van der Waals surface area contributed by atoms with Gasteiger partial charge < -0.3 is 14.2 Å². The first-order valence-corrected chi connectivity index (χ1v) is 11.7. The molecule has 1 amide bonds. The number of thioether (sulfide) groups is 1. The van der Waals surface area contributed by atoms with E-state index in [-0.39, 0.29) is 5.91 Å². The molecule has 0 bridgehead atoms. The van der Waals surface area contributed by atoms with Crippen molar-refractivity contribution in [2.24, 2.45) is 0 Å². The summed E-state index contributed by atoms with van der Waals surface area (Å²) < 4.78 is 5.27. The maximum Gasteiger partial charge on any atom is 0.289 e. The molecule has 1 saturated heterocycles. The number of nitrogens with zero attached hydrogens (tertiary/aromatic N) is 4. The van der Waals surface area contributed by atoms with Gasteiger partial charge in [0, 0.05) is 31.1 Å². The summed E-state index contributed by atoms with van der Waals surface area (Å²) in [4.78, 5) is 29.1. The Morgan fingerprint density at radius 3 is 2.75 bits per heavy atom. The zero-order chi connectivity index (χ0) is 19.1. The Labute approximate surface area is 171 Å². The number of hydrogen-bond acceptors (Lipinski definition) is 7. The number of piperazine rings is 1. The van der Waals surface area contributed by atoms with E-state index in [1.54, 1.807) is 30.2 Å². The lowest BCUT2D eigenvalue weighted by molar-refractivity contribution is 0.0714. The highest BCUT2D eigenvalue weighted by Gasteiger charge is 2.28. The van der Waals surface area contributed by atoms with Crippen LogP contribution in [0.3, 0.4) is 0 Å². The molecule has 28 heavy (non-hydrogen) atoms. The minimum atomic E-state index is -0.0322. The molecule has 0 atom stereocenters. The number of rotatable bonds is 3. The van der Waals surface area contributed by atoms with E-state index in [1.807, 2.05) is 22.5 Å². The molecular formula is C20H22N4O2S2. The Bertz CT molecular complexity index is 1010. The van der Waals surface area contributed by atoms with Crippen LogP contribution in [0.5, 0.6) is 0 Å². The maximum atomic E-state index is 12.6. The molecule has 5 rings (SSSR count). The minimum absolute atomic E-state index is 0.0322. The molecule has 1 aliphatic carbocycles. The molecule has 0 unspecified atom stereocenters. The van der Waals surface area contributed by atoms with E-state index in [0.29, 0.717) is 18.8 Å². The lowest BCUT2D eigenvalue weighted by atomic mass is 9.97. The van der Waals surface area contributed by atoms with Crippen LogP contribution in [0.2, 0.25) is 0 Å². The van der Waals surface area contributed by atoms with Crippen molar-refractivity contribution in [1.29, 1.82) is 0 Å². The molecule has 1 fully saturated rings. The molecule has 3 aromatic rings. The van der Waals surface area contributed by atoms with Crippen LogP contribution >= 0.6 is 23.1 Å². The van der Waals surface area contributed by atoms with Crippen LogP contribution in [-0.4, -0.2) is 53.2 Å². The van der Waals surface area contributed by atoms with Crippen molar-refractivity contribution in [3.63, 3.8) is 0 Å². The van der Waals surface area contributed by atoms with Gasteiger partial charge in [-0.2, -0.15) is 0 Å². The first-order chi connectivity index (χ1) is 13.7. The van der Waals surface area contributed by atoms with Crippen LogP contribution in [0.1, 0.15) is 33.8 Å². The first-order valence-electron chi connectivity index (χ1n) is 9.68. The van der Waals surface area contributed by atoms with Crippen LogP contribution in [0.4, 0.5) is 5.82 Å². The first kappa shape index (κ1) is 18.0. The molecule has 0 aromatic carbocycles. The standard InChI is InChI=1S/C20H22N4O2S2/c1-27-20-21-17(16-13-5-2-3-7-15(13)28-18(16)22-20)23-8-10-24(11-9-23)19(25)14-6-4-12-26-14/h4,6,12H,2-3,5,7-11H2,1H3. The normalized spacial score (nSPS) is 17.2. The quantitative estimate of drug-likeness (QED) is 0.479. The summed E-state index contributed by atoms with van der Waals surface area (Å²) in [7, 11) is 0. The van der Waals surface area contributed by atoms with Crippen molar-refractivity contribution < 1.29 is 9.21 Å². The number of aromatic nitrogens is 2. The predicted molar refractivity (Wildman–Crippen MR) is 113 cm³/mol. The van der Waals surface area contributed by atoms with Gasteiger partial charge in [0.1, 0.15) is 10.6 Å². The van der Waals surface area contributed by atoms with E-state index in [4.69, 9.17) is 14.4 Å². The molecule has 0 spiro atoms. The van der Waals surface area contributed by atoms with Crippen LogP contribution in [0.25, 0.3) is 10.2 Å². The molecule has 6 nitrogen and oxygen atoms in total. The molecule has 0 radical (unpaired) electrons. The van der Waals surface area contributed by atoms with Gasteiger partial charge in [-0.1, -0.05) is 11.8 Å². The lowest BCUT2D eigenvalue weighted by Gasteiger charge is -2.35. The second kappa shape index (κ2) is 7.40. The SMILES string of the molecule is CSc1nc(N2CCN(C(=O)c3ccco3)CC2)c2c3c(sc2n1)CCCC3. The zero-order valence-electron chi connectivity index (χ0n) is 15.8. The van der Waals surface area contributed by atoms with Gasteiger partial charge in [-0.25, -0.2) is 9.97 Å². The zero-order valence-corrected chi connectivity index (χ0v) is 17.4. The van der Waals surface area contributed by atoms with Crippen molar-refractivity contribution in [3.8, 4) is 0 Å². The number of hydrogen-bond donors (Lipinski definition) is 0. The molecule has 2 aliphatic rings. The van der Waals surface area contributed by atoms with Crippen molar-refractivity contribution in [1.82, 2.24) is 14.9 Å². The Kier molecular flexibility index (Phi) is 4.76. The third kappa shape index (κ3) is 3.08. The highest BCUT2D eigenvalue weighted by molar-refractivity contribution is 7.98. The van der Waals surface area contributed by atoms with E-state index >= 15 is 0 Å². The number of furan rings is 1. The number of amides is 1. The van der Waals surface area contributed by atoms with Crippen LogP contribution in [0, 0.1) is 0 Å². The minimum Gasteiger partial charge on any atom is -0.459 e. The van der Waals surface area contributed by atoms with Gasteiger partial charge in [-0.05, 0) is 49.6 Å². The fourth-order valence-electron chi connectivity index (χ4n) is 4.12. The fraction of sp³-hybridized carbons (Fsp3) is 0.450. The summed E-state index contributed by atoms with van der Waals surface area (Å²) in [6.45, 7) is 2.89. The molecule has 4 heterocycles. The fourth-order valence-corrected chi connectivity index (χ4v) is 5.79. The molecule has 3 aromatic heterocycles. The third-order valence-electron chi connectivity index (χ3n) is 5.56. The average molecular weight is 415 g/mol. The number of carbonyl (C=O) groups excluding carboxylic acids is 1. The summed E-state index contributed by atoms with van der Waals surface area (Å²) in [6, 6.07) is 3.48. The second-order valence-corrected chi connectivity index (χ2v) is 9.04. The average Bonchev–Trinajstić information content (AvgIpc) is 3.40. The molecule has 0 saturated carbocycles. The van der Waals surface area contributed by atoms with Gasteiger partial charge in [-0.3, -0.25) is 4.79 Å². The highest BCUT2D eigenvalue weighted by atomic mass is 32.2. The molecule has 1 aliphatic heterocycles. The molecule has 0 N–H and O–H groups in total. The van der Waals surface area contributed by atoms with Crippen LogP contribution in [0.15, 0.2) is 28.0 Å². The van der Waals surface area contributed by atoms with Crippen molar-refractivity contribution >= 4 is 45.0 Å². The van der Waals surface area contributed by atoms with Crippen molar-refractivity contribution in [2.45, 2.75) is 30.8 Å². The van der Waals surface area contributed by atoms with E-state index in [2.05, 4.69) is 4.90 Å². The number of fused-ring (bicyclic) bond motifs is 3. The van der Waals surface area contributed by atoms with Crippen molar-refractivity contribution in [2.75, 3.05) is 37.3 Å². The van der Waals surface area contributed by atoms with Gasteiger partial charge in [-0.15, -0.1) is 11.3 Å². The molecular weight excluding hydrogens is 392 g/mol. The van der Waals surface area contributed by atoms with Gasteiger partial charge in [0.25, 0.3) is 5.91 Å². The molecule has 146 valence electrons. The van der Waals surface area contributed by atoms with E-state index in [9.17, 15) is 4.79 Å². The van der Waals surface area contributed by atoms with Crippen LogP contribution in [-0.2, 0) is 12.8 Å². The summed E-state index contributed by atoms with van der Waals surface area (Å²) in [5.74, 6) is 1.43.